The van der Waals surface area contributed by atoms with Crippen molar-refractivity contribution in [1.82, 2.24) is 24.7 Å². The van der Waals surface area contributed by atoms with Crippen molar-refractivity contribution in [2.45, 2.75) is 96.4 Å². The van der Waals surface area contributed by atoms with E-state index in [9.17, 15) is 9.59 Å². The standard InChI is InChI=1S/C27H37N7O5S/c1-14-12-29-17(15(2)20(14)37-9)13-33-21-19-16(32-33)10-11-18(28)40-22(19)31-23(30-21)34(24(35)38-26(3,4)5)25(36)39-27(6,7)8/h12,18H,10-11,13,28H2,1-9H3. The fraction of sp³-hybridized carbons (Fsp3) is 0.556. The monoisotopic (exact) mass is 571 g/mol. The Hall–Kier alpha value is -3.45. The fourth-order valence-electron chi connectivity index (χ4n) is 4.28. The number of carbonyl (C=O) groups is 2. The topological polar surface area (TPSA) is 148 Å². The van der Waals surface area contributed by atoms with Crippen molar-refractivity contribution in [2.24, 2.45) is 5.73 Å². The van der Waals surface area contributed by atoms with Crippen LogP contribution in [0.25, 0.3) is 11.0 Å². The quantitative estimate of drug-likeness (QED) is 0.427. The van der Waals surface area contributed by atoms with Crippen LogP contribution in [0.5, 0.6) is 5.75 Å². The van der Waals surface area contributed by atoms with E-state index in [1.165, 1.54) is 11.8 Å². The molecular formula is C27H37N7O5S. The molecule has 3 aromatic heterocycles. The van der Waals surface area contributed by atoms with Crippen LogP contribution in [0.15, 0.2) is 11.2 Å². The summed E-state index contributed by atoms with van der Waals surface area (Å²) in [6, 6.07) is 0. The molecular weight excluding hydrogens is 534 g/mol. The molecule has 13 heteroatoms. The van der Waals surface area contributed by atoms with Gasteiger partial charge in [-0.3, -0.25) is 4.98 Å². The third kappa shape index (κ3) is 6.30. The molecule has 0 aliphatic carbocycles. The van der Waals surface area contributed by atoms with E-state index in [1.807, 2.05) is 13.8 Å². The number of hydrogen-bond donors (Lipinski definition) is 1. The number of pyridine rings is 1. The van der Waals surface area contributed by atoms with Gasteiger partial charge in [-0.2, -0.15) is 10.1 Å². The first-order valence-corrected chi connectivity index (χ1v) is 13.9. The van der Waals surface area contributed by atoms with Crippen molar-refractivity contribution >= 4 is 40.9 Å². The molecule has 1 aliphatic heterocycles. The number of ether oxygens (including phenoxy) is 3. The molecule has 0 fully saturated rings. The predicted octanol–water partition coefficient (Wildman–Crippen LogP) is 4.89. The van der Waals surface area contributed by atoms with Crippen LogP contribution in [0.3, 0.4) is 0 Å². The van der Waals surface area contributed by atoms with Gasteiger partial charge in [-0.05, 0) is 68.2 Å². The van der Waals surface area contributed by atoms with Crippen molar-refractivity contribution in [3.05, 3.63) is 28.7 Å². The second kappa shape index (κ2) is 10.8. The summed E-state index contributed by atoms with van der Waals surface area (Å²) in [6.07, 6.45) is 1.13. The summed E-state index contributed by atoms with van der Waals surface area (Å²) in [5.41, 5.74) is 8.35. The molecule has 4 rings (SSSR count). The Balaban J connectivity index is 1.90. The average molecular weight is 572 g/mol. The van der Waals surface area contributed by atoms with E-state index < -0.39 is 23.4 Å². The van der Waals surface area contributed by atoms with E-state index in [0.717, 1.165) is 38.6 Å². The molecule has 0 saturated heterocycles. The first-order chi connectivity index (χ1) is 18.6. The minimum atomic E-state index is -0.955. The van der Waals surface area contributed by atoms with Crippen LogP contribution in [0, 0.1) is 13.8 Å². The number of aromatic nitrogens is 5. The molecule has 12 nitrogen and oxygen atoms in total. The molecule has 0 radical (unpaired) electrons. The summed E-state index contributed by atoms with van der Waals surface area (Å²) >= 11 is 1.34. The zero-order valence-electron chi connectivity index (χ0n) is 24.5. The summed E-state index contributed by atoms with van der Waals surface area (Å²) in [4.78, 5) is 41.3. The van der Waals surface area contributed by atoms with Gasteiger partial charge < -0.3 is 19.9 Å². The number of hydrogen-bond acceptors (Lipinski definition) is 11. The smallest absolute Gasteiger partial charge is 0.427 e. The van der Waals surface area contributed by atoms with Gasteiger partial charge >= 0.3 is 12.2 Å². The number of rotatable bonds is 4. The van der Waals surface area contributed by atoms with E-state index in [4.69, 9.17) is 30.0 Å². The molecule has 0 bridgehead atoms. The number of anilines is 1. The van der Waals surface area contributed by atoms with Crippen LogP contribution in [0.4, 0.5) is 15.5 Å². The fourth-order valence-corrected chi connectivity index (χ4v) is 5.26. The number of nitrogens with two attached hydrogens (primary N) is 1. The van der Waals surface area contributed by atoms with Crippen LogP contribution in [0.1, 0.15) is 70.5 Å². The summed E-state index contributed by atoms with van der Waals surface area (Å²) < 4.78 is 18.4. The maximum Gasteiger partial charge on any atom is 0.427 e. The highest BCUT2D eigenvalue weighted by Crippen LogP contribution is 2.37. The third-order valence-corrected chi connectivity index (χ3v) is 7.01. The first-order valence-electron chi connectivity index (χ1n) is 13.0. The SMILES string of the molecule is COc1c(C)cnc(Cn2nc3c4c(nc(N(C(=O)OC(C)(C)C)C(=O)OC(C)(C)C)nc42)SC(N)CC3)c1C. The highest BCUT2D eigenvalue weighted by atomic mass is 32.2. The van der Waals surface area contributed by atoms with Crippen LogP contribution in [-0.4, -0.2) is 60.6 Å². The second-order valence-electron chi connectivity index (χ2n) is 11.7. The number of methoxy groups -OCH3 is 1. The van der Waals surface area contributed by atoms with Crippen LogP contribution >= 0.6 is 11.8 Å². The molecule has 3 aromatic rings. The van der Waals surface area contributed by atoms with Gasteiger partial charge in [-0.1, -0.05) is 11.8 Å². The summed E-state index contributed by atoms with van der Waals surface area (Å²) in [6.45, 7) is 14.4. The molecule has 2 N–H and O–H groups in total. The number of carbonyl (C=O) groups excluding carboxylic acids is 2. The van der Waals surface area contributed by atoms with E-state index >= 15 is 0 Å². The lowest BCUT2D eigenvalue weighted by Crippen LogP contribution is -2.44. The minimum Gasteiger partial charge on any atom is -0.496 e. The molecule has 4 heterocycles. The molecule has 1 unspecified atom stereocenters. The molecule has 2 amide bonds. The maximum atomic E-state index is 13.3. The maximum absolute atomic E-state index is 13.3. The lowest BCUT2D eigenvalue weighted by molar-refractivity contribution is 0.0427. The summed E-state index contributed by atoms with van der Waals surface area (Å²) in [5.74, 6) is 0.563. The zero-order valence-corrected chi connectivity index (χ0v) is 25.3. The molecule has 1 aliphatic rings. The van der Waals surface area contributed by atoms with Crippen molar-refractivity contribution < 1.29 is 23.8 Å². The van der Waals surface area contributed by atoms with Gasteiger partial charge in [0.05, 0.1) is 35.8 Å². The van der Waals surface area contributed by atoms with Gasteiger partial charge in [0.15, 0.2) is 5.65 Å². The summed E-state index contributed by atoms with van der Waals surface area (Å²) in [5, 5.41) is 5.85. The Morgan fingerprint density at radius 3 is 2.30 bits per heavy atom. The number of thioether (sulfide) groups is 1. The molecule has 1 atom stereocenters. The largest absolute Gasteiger partial charge is 0.496 e. The number of aryl methyl sites for hydroxylation is 2. The van der Waals surface area contributed by atoms with Gasteiger partial charge in [-0.25, -0.2) is 19.3 Å². The van der Waals surface area contributed by atoms with E-state index in [0.29, 0.717) is 23.5 Å². The first kappa shape index (κ1) is 29.5. The highest BCUT2D eigenvalue weighted by molar-refractivity contribution is 8.00. The van der Waals surface area contributed by atoms with Gasteiger partial charge in [0.25, 0.3) is 0 Å². The van der Waals surface area contributed by atoms with E-state index in [-0.39, 0.29) is 17.9 Å². The normalized spacial score (nSPS) is 15.5. The van der Waals surface area contributed by atoms with Crippen LogP contribution < -0.4 is 15.4 Å². The molecule has 0 spiro atoms. The van der Waals surface area contributed by atoms with E-state index in [1.54, 1.807) is 59.5 Å². The van der Waals surface area contributed by atoms with Gasteiger partial charge in [-0.15, -0.1) is 4.90 Å². The van der Waals surface area contributed by atoms with Crippen LogP contribution in [0.2, 0.25) is 0 Å². The number of nitrogens with zero attached hydrogens (tertiary/aromatic N) is 6. The average Bonchev–Trinajstić information content (AvgIpc) is 3.06. The third-order valence-electron chi connectivity index (χ3n) is 5.95. The van der Waals surface area contributed by atoms with Crippen molar-refractivity contribution in [1.29, 1.82) is 0 Å². The van der Waals surface area contributed by atoms with E-state index in [2.05, 4.69) is 9.97 Å². The van der Waals surface area contributed by atoms with Crippen molar-refractivity contribution in [3.8, 4) is 5.75 Å². The van der Waals surface area contributed by atoms with Gasteiger partial charge in [0.1, 0.15) is 22.0 Å². The lowest BCUT2D eigenvalue weighted by atomic mass is 10.1. The van der Waals surface area contributed by atoms with Gasteiger partial charge in [0, 0.05) is 17.3 Å². The number of imide groups is 1. The molecule has 216 valence electrons. The predicted molar refractivity (Wildman–Crippen MR) is 152 cm³/mol. The highest BCUT2D eigenvalue weighted by Gasteiger charge is 2.36. The number of amides is 2. The Kier molecular flexibility index (Phi) is 8.01. The lowest BCUT2D eigenvalue weighted by Gasteiger charge is -2.27. The Morgan fingerprint density at radius 1 is 1.10 bits per heavy atom. The Labute approximate surface area is 238 Å². The Morgan fingerprint density at radius 2 is 1.73 bits per heavy atom. The van der Waals surface area contributed by atoms with Crippen molar-refractivity contribution in [3.63, 3.8) is 0 Å². The Bertz CT molecular complexity index is 1430. The molecule has 0 aromatic carbocycles. The van der Waals surface area contributed by atoms with Gasteiger partial charge in [0.2, 0.25) is 5.95 Å². The molecule has 40 heavy (non-hydrogen) atoms. The summed E-state index contributed by atoms with van der Waals surface area (Å²) in [7, 11) is 1.63. The zero-order chi connectivity index (χ0) is 29.6. The van der Waals surface area contributed by atoms with Crippen molar-refractivity contribution in [2.75, 3.05) is 12.0 Å². The second-order valence-corrected chi connectivity index (χ2v) is 12.9. The minimum absolute atomic E-state index is 0.188. The van der Waals surface area contributed by atoms with Crippen LogP contribution in [-0.2, 0) is 22.4 Å². The molecule has 0 saturated carbocycles.